The SMILES string of the molecule is N#Cc1nnn(-c2ccc(Cl)cc2)c1-c1ccccc1. The maximum absolute atomic E-state index is 9.20. The van der Waals surface area contributed by atoms with Gasteiger partial charge in [0.05, 0.1) is 5.69 Å². The summed E-state index contributed by atoms with van der Waals surface area (Å²) in [5, 5.41) is 17.8. The number of halogens is 1. The van der Waals surface area contributed by atoms with Gasteiger partial charge in [-0.1, -0.05) is 47.1 Å². The van der Waals surface area contributed by atoms with Crippen molar-refractivity contribution in [3.8, 4) is 23.0 Å². The van der Waals surface area contributed by atoms with E-state index >= 15 is 0 Å². The number of hydrogen-bond donors (Lipinski definition) is 0. The normalized spacial score (nSPS) is 10.2. The Kier molecular flexibility index (Phi) is 3.20. The molecule has 20 heavy (non-hydrogen) atoms. The van der Waals surface area contributed by atoms with Gasteiger partial charge in [-0.05, 0) is 24.3 Å². The quantitative estimate of drug-likeness (QED) is 0.722. The predicted molar refractivity (Wildman–Crippen MR) is 76.5 cm³/mol. The molecule has 1 aromatic heterocycles. The van der Waals surface area contributed by atoms with Gasteiger partial charge in [0.1, 0.15) is 11.8 Å². The van der Waals surface area contributed by atoms with Crippen molar-refractivity contribution in [2.45, 2.75) is 0 Å². The van der Waals surface area contributed by atoms with Crippen LogP contribution in [-0.4, -0.2) is 15.0 Å². The van der Waals surface area contributed by atoms with Crippen LogP contribution in [0.3, 0.4) is 0 Å². The zero-order valence-corrected chi connectivity index (χ0v) is 11.1. The van der Waals surface area contributed by atoms with Crippen molar-refractivity contribution in [1.82, 2.24) is 15.0 Å². The average Bonchev–Trinajstić information content (AvgIpc) is 2.93. The lowest BCUT2D eigenvalue weighted by atomic mass is 10.1. The molecular formula is C15H9ClN4. The number of rotatable bonds is 2. The highest BCUT2D eigenvalue weighted by molar-refractivity contribution is 6.30. The van der Waals surface area contributed by atoms with Gasteiger partial charge >= 0.3 is 0 Å². The Labute approximate surface area is 120 Å². The molecule has 3 aromatic rings. The van der Waals surface area contributed by atoms with Crippen molar-refractivity contribution < 1.29 is 0 Å². The molecule has 0 bridgehead atoms. The summed E-state index contributed by atoms with van der Waals surface area (Å²) in [6.07, 6.45) is 0. The molecule has 1 heterocycles. The van der Waals surface area contributed by atoms with Crippen molar-refractivity contribution in [3.63, 3.8) is 0 Å². The number of nitrogens with zero attached hydrogens (tertiary/aromatic N) is 4. The molecule has 4 nitrogen and oxygen atoms in total. The van der Waals surface area contributed by atoms with Crippen LogP contribution in [0.5, 0.6) is 0 Å². The van der Waals surface area contributed by atoms with Gasteiger partial charge in [-0.3, -0.25) is 0 Å². The van der Waals surface area contributed by atoms with Crippen LogP contribution in [0.4, 0.5) is 0 Å². The summed E-state index contributed by atoms with van der Waals surface area (Å²) >= 11 is 5.89. The van der Waals surface area contributed by atoms with Crippen LogP contribution in [0.1, 0.15) is 5.69 Å². The van der Waals surface area contributed by atoms with Crippen molar-refractivity contribution in [1.29, 1.82) is 5.26 Å². The van der Waals surface area contributed by atoms with Gasteiger partial charge in [0.25, 0.3) is 0 Å². The van der Waals surface area contributed by atoms with E-state index in [1.807, 2.05) is 42.5 Å². The third-order valence-electron chi connectivity index (χ3n) is 2.89. The Morgan fingerprint density at radius 1 is 1.00 bits per heavy atom. The van der Waals surface area contributed by atoms with Gasteiger partial charge < -0.3 is 0 Å². The Hall–Kier alpha value is -2.64. The van der Waals surface area contributed by atoms with E-state index in [0.29, 0.717) is 16.4 Å². The monoisotopic (exact) mass is 280 g/mol. The van der Waals surface area contributed by atoms with Crippen molar-refractivity contribution in [2.75, 3.05) is 0 Å². The summed E-state index contributed by atoms with van der Waals surface area (Å²) in [5.41, 5.74) is 2.67. The lowest BCUT2D eigenvalue weighted by Crippen LogP contribution is -1.99. The highest BCUT2D eigenvalue weighted by atomic mass is 35.5. The van der Waals surface area contributed by atoms with Crippen LogP contribution in [0.25, 0.3) is 16.9 Å². The summed E-state index contributed by atoms with van der Waals surface area (Å²) in [5.74, 6) is 0. The minimum atomic E-state index is 0.297. The molecular weight excluding hydrogens is 272 g/mol. The van der Waals surface area contributed by atoms with E-state index in [1.54, 1.807) is 16.8 Å². The number of hydrogen-bond acceptors (Lipinski definition) is 3. The van der Waals surface area contributed by atoms with E-state index < -0.39 is 0 Å². The first kappa shape index (κ1) is 12.4. The fraction of sp³-hybridized carbons (Fsp3) is 0. The van der Waals surface area contributed by atoms with Crippen LogP contribution < -0.4 is 0 Å². The second-order valence-corrected chi connectivity index (χ2v) is 4.59. The molecule has 0 aliphatic rings. The average molecular weight is 281 g/mol. The summed E-state index contributed by atoms with van der Waals surface area (Å²) in [4.78, 5) is 0. The van der Waals surface area contributed by atoms with Gasteiger partial charge in [-0.15, -0.1) is 5.10 Å². The van der Waals surface area contributed by atoms with Gasteiger partial charge in [-0.25, -0.2) is 4.68 Å². The molecule has 0 saturated heterocycles. The van der Waals surface area contributed by atoms with E-state index in [-0.39, 0.29) is 0 Å². The van der Waals surface area contributed by atoms with E-state index in [2.05, 4.69) is 16.4 Å². The molecule has 0 radical (unpaired) electrons. The molecule has 0 saturated carbocycles. The first-order valence-corrected chi connectivity index (χ1v) is 6.34. The van der Waals surface area contributed by atoms with Crippen molar-refractivity contribution in [2.24, 2.45) is 0 Å². The molecule has 0 N–H and O–H groups in total. The largest absolute Gasteiger partial charge is 0.211 e. The Bertz CT molecular complexity index is 770. The topological polar surface area (TPSA) is 54.5 Å². The fourth-order valence-corrected chi connectivity index (χ4v) is 2.10. The van der Waals surface area contributed by atoms with Crippen LogP contribution in [0.15, 0.2) is 54.6 Å². The third kappa shape index (κ3) is 2.15. The first-order chi connectivity index (χ1) is 9.79. The molecule has 0 aliphatic heterocycles. The van der Waals surface area contributed by atoms with Gasteiger partial charge in [0.15, 0.2) is 5.69 Å². The number of nitriles is 1. The highest BCUT2D eigenvalue weighted by Crippen LogP contribution is 2.25. The molecule has 2 aromatic carbocycles. The van der Waals surface area contributed by atoms with Gasteiger partial charge in [-0.2, -0.15) is 5.26 Å². The molecule has 5 heteroatoms. The van der Waals surface area contributed by atoms with E-state index in [0.717, 1.165) is 11.3 Å². The summed E-state index contributed by atoms with van der Waals surface area (Å²) < 4.78 is 1.64. The zero-order valence-electron chi connectivity index (χ0n) is 10.4. The number of benzene rings is 2. The van der Waals surface area contributed by atoms with Gasteiger partial charge in [0.2, 0.25) is 0 Å². The summed E-state index contributed by atoms with van der Waals surface area (Å²) in [6.45, 7) is 0. The highest BCUT2D eigenvalue weighted by Gasteiger charge is 2.15. The van der Waals surface area contributed by atoms with Crippen LogP contribution in [0.2, 0.25) is 5.02 Å². The second kappa shape index (κ2) is 5.16. The van der Waals surface area contributed by atoms with E-state index in [9.17, 15) is 5.26 Å². The minimum Gasteiger partial charge on any atom is -0.211 e. The van der Waals surface area contributed by atoms with Crippen molar-refractivity contribution >= 4 is 11.6 Å². The number of aromatic nitrogens is 3. The molecule has 0 aliphatic carbocycles. The molecule has 0 unspecified atom stereocenters. The van der Waals surface area contributed by atoms with Crippen LogP contribution in [0, 0.1) is 11.3 Å². The lowest BCUT2D eigenvalue weighted by molar-refractivity contribution is 0.807. The molecule has 96 valence electrons. The molecule has 0 spiro atoms. The minimum absolute atomic E-state index is 0.297. The van der Waals surface area contributed by atoms with Gasteiger partial charge in [0, 0.05) is 10.6 Å². The van der Waals surface area contributed by atoms with Crippen LogP contribution in [-0.2, 0) is 0 Å². The third-order valence-corrected chi connectivity index (χ3v) is 3.15. The molecule has 0 fully saturated rings. The predicted octanol–water partition coefficient (Wildman–Crippen LogP) is 3.46. The second-order valence-electron chi connectivity index (χ2n) is 4.15. The Morgan fingerprint density at radius 2 is 1.70 bits per heavy atom. The molecule has 3 rings (SSSR count). The van der Waals surface area contributed by atoms with E-state index in [1.165, 1.54) is 0 Å². The standard InChI is InChI=1S/C15H9ClN4/c16-12-6-8-13(9-7-12)20-15(14(10-17)18-19-20)11-4-2-1-3-5-11/h1-9H. The lowest BCUT2D eigenvalue weighted by Gasteiger charge is -2.06. The van der Waals surface area contributed by atoms with Crippen LogP contribution >= 0.6 is 11.6 Å². The zero-order chi connectivity index (χ0) is 13.9. The Balaban J connectivity index is 2.21. The molecule has 0 amide bonds. The summed E-state index contributed by atoms with van der Waals surface area (Å²) in [7, 11) is 0. The fourth-order valence-electron chi connectivity index (χ4n) is 1.98. The maximum atomic E-state index is 9.20. The first-order valence-electron chi connectivity index (χ1n) is 5.97. The summed E-state index contributed by atoms with van der Waals surface area (Å²) in [6, 6.07) is 18.9. The maximum Gasteiger partial charge on any atom is 0.191 e. The Morgan fingerprint density at radius 3 is 2.35 bits per heavy atom. The van der Waals surface area contributed by atoms with E-state index in [4.69, 9.17) is 11.6 Å². The van der Waals surface area contributed by atoms with Crippen molar-refractivity contribution in [3.05, 3.63) is 65.3 Å². The molecule has 0 atom stereocenters. The smallest absolute Gasteiger partial charge is 0.191 e.